The molecule has 0 spiro atoms. The van der Waals surface area contributed by atoms with E-state index in [0.717, 1.165) is 19.3 Å². The van der Waals surface area contributed by atoms with E-state index < -0.39 is 5.97 Å². The Morgan fingerprint density at radius 1 is 1.26 bits per heavy atom. The van der Waals surface area contributed by atoms with Crippen LogP contribution >= 0.6 is 0 Å². The third kappa shape index (κ3) is 10.3. The van der Waals surface area contributed by atoms with E-state index in [2.05, 4.69) is 6.92 Å². The Morgan fingerprint density at radius 3 is 2.21 bits per heavy atom. The van der Waals surface area contributed by atoms with Gasteiger partial charge >= 0.3 is 5.97 Å². The van der Waals surface area contributed by atoms with E-state index in [0.29, 0.717) is 12.3 Å². The zero-order valence-corrected chi connectivity index (χ0v) is 12.3. The number of aliphatic carboxylic acids is 1. The average molecular weight is 265 g/mol. The van der Waals surface area contributed by atoms with Crippen molar-refractivity contribution in [3.63, 3.8) is 0 Å². The molecule has 108 valence electrons. The van der Waals surface area contributed by atoms with Gasteiger partial charge in [0, 0.05) is 12.5 Å². The second-order valence-electron chi connectivity index (χ2n) is 5.04. The lowest BCUT2D eigenvalue weighted by molar-refractivity contribution is -0.138. The minimum atomic E-state index is -0.677. The van der Waals surface area contributed by atoms with Crippen LogP contribution in [0, 0.1) is 5.92 Å². The second kappa shape index (κ2) is 10.6. The smallest absolute Gasteiger partial charge is 0.303 e. The lowest BCUT2D eigenvalue weighted by Crippen LogP contribution is -2.03. The van der Waals surface area contributed by atoms with E-state index in [-0.39, 0.29) is 6.04 Å². The van der Waals surface area contributed by atoms with E-state index in [4.69, 9.17) is 10.8 Å². The minimum Gasteiger partial charge on any atom is -0.481 e. The van der Waals surface area contributed by atoms with Crippen LogP contribution in [0.4, 0.5) is 0 Å². The molecule has 0 fully saturated rings. The van der Waals surface area contributed by atoms with Crippen LogP contribution in [-0.4, -0.2) is 11.1 Å². The normalized spacial score (nSPS) is 13.1. The maximum atomic E-state index is 10.2. The molecule has 19 heavy (non-hydrogen) atoms. The highest BCUT2D eigenvalue weighted by Gasteiger charge is 2.05. The van der Waals surface area contributed by atoms with Gasteiger partial charge in [-0.1, -0.05) is 63.4 Å². The van der Waals surface area contributed by atoms with Gasteiger partial charge in [-0.25, -0.2) is 0 Å². The van der Waals surface area contributed by atoms with E-state index in [1.54, 1.807) is 0 Å². The van der Waals surface area contributed by atoms with Crippen molar-refractivity contribution in [2.24, 2.45) is 11.7 Å². The minimum absolute atomic E-state index is 0.159. The Labute approximate surface area is 116 Å². The van der Waals surface area contributed by atoms with Crippen LogP contribution in [0.25, 0.3) is 0 Å². The molecule has 0 amide bonds. The van der Waals surface area contributed by atoms with Gasteiger partial charge in [-0.05, 0) is 18.4 Å². The van der Waals surface area contributed by atoms with E-state index >= 15 is 0 Å². The Hall–Kier alpha value is -1.35. The number of unbranched alkanes of at least 4 members (excludes halogenated alkanes) is 1. The first-order valence-corrected chi connectivity index (χ1v) is 6.99. The molecule has 2 atom stereocenters. The van der Waals surface area contributed by atoms with E-state index in [1.807, 2.05) is 44.2 Å². The fourth-order valence-corrected chi connectivity index (χ4v) is 1.71. The van der Waals surface area contributed by atoms with Crippen molar-refractivity contribution >= 4 is 5.97 Å². The third-order valence-corrected chi connectivity index (χ3v) is 2.90. The molecule has 3 nitrogen and oxygen atoms in total. The van der Waals surface area contributed by atoms with Crippen LogP contribution in [0.3, 0.4) is 0 Å². The van der Waals surface area contributed by atoms with Gasteiger partial charge in [-0.15, -0.1) is 0 Å². The number of carboxylic acids is 1. The lowest BCUT2D eigenvalue weighted by atomic mass is 10.0. The summed E-state index contributed by atoms with van der Waals surface area (Å²) in [5, 5.41) is 8.38. The molecule has 1 aromatic carbocycles. The van der Waals surface area contributed by atoms with Crippen molar-refractivity contribution in [2.45, 2.75) is 52.5 Å². The number of carboxylic acid groups (broad SMARTS) is 1. The number of hydrogen-bond acceptors (Lipinski definition) is 2. The van der Waals surface area contributed by atoms with Crippen LogP contribution in [0.2, 0.25) is 0 Å². The van der Waals surface area contributed by atoms with Crippen molar-refractivity contribution in [3.05, 3.63) is 35.9 Å². The van der Waals surface area contributed by atoms with Crippen molar-refractivity contribution < 1.29 is 9.90 Å². The quantitative estimate of drug-likeness (QED) is 0.817. The molecule has 0 aliphatic heterocycles. The molecule has 0 heterocycles. The van der Waals surface area contributed by atoms with Gasteiger partial charge in [0.2, 0.25) is 0 Å². The summed E-state index contributed by atoms with van der Waals surface area (Å²) in [6.07, 6.45) is 3.67. The highest BCUT2D eigenvalue weighted by Crippen LogP contribution is 2.10. The molecule has 1 aromatic rings. The molecule has 0 aliphatic rings. The molecule has 1 unspecified atom stereocenters. The topological polar surface area (TPSA) is 63.3 Å². The van der Waals surface area contributed by atoms with Crippen LogP contribution in [-0.2, 0) is 4.79 Å². The van der Waals surface area contributed by atoms with Crippen molar-refractivity contribution in [3.8, 4) is 0 Å². The van der Waals surface area contributed by atoms with Gasteiger partial charge in [0.25, 0.3) is 0 Å². The summed E-state index contributed by atoms with van der Waals surface area (Å²) < 4.78 is 0. The average Bonchev–Trinajstić information content (AvgIpc) is 2.37. The van der Waals surface area contributed by atoms with E-state index in [1.165, 1.54) is 5.56 Å². The van der Waals surface area contributed by atoms with Crippen molar-refractivity contribution in [2.75, 3.05) is 0 Å². The molecular formula is C16H27NO2. The summed E-state index contributed by atoms with van der Waals surface area (Å²) in [4.78, 5) is 10.2. The Balaban J connectivity index is 0.000000342. The fraction of sp³-hybridized carbons (Fsp3) is 0.562. The molecule has 3 N–H and O–H groups in total. The summed E-state index contributed by atoms with van der Waals surface area (Å²) in [5.41, 5.74) is 6.81. The first-order chi connectivity index (χ1) is 8.97. The van der Waals surface area contributed by atoms with Crippen LogP contribution in [0.5, 0.6) is 0 Å². The monoisotopic (exact) mass is 265 g/mol. The fourth-order valence-electron chi connectivity index (χ4n) is 1.71. The highest BCUT2D eigenvalue weighted by molar-refractivity contribution is 5.66. The standard InChI is InChI=1S/C8H11N.C8H16O2/c1-7(9)8-5-3-2-4-6-8;1-3-4-5-7(2)6-8(9)10/h2-7H,9H2,1H3;7H,3-6H2,1-2H3,(H,9,10)/t;7-/m.0/s1. The van der Waals surface area contributed by atoms with Gasteiger partial charge in [0.05, 0.1) is 0 Å². The number of hydrogen-bond donors (Lipinski definition) is 2. The Morgan fingerprint density at radius 2 is 1.84 bits per heavy atom. The molecule has 1 rings (SSSR count). The lowest BCUT2D eigenvalue weighted by Gasteiger charge is -2.05. The summed E-state index contributed by atoms with van der Waals surface area (Å²) in [6.45, 7) is 6.09. The number of rotatable bonds is 6. The molecule has 0 bridgehead atoms. The zero-order valence-electron chi connectivity index (χ0n) is 12.3. The first kappa shape index (κ1) is 17.6. The molecule has 3 heteroatoms. The summed E-state index contributed by atoms with van der Waals surface area (Å²) in [7, 11) is 0. The highest BCUT2D eigenvalue weighted by atomic mass is 16.4. The maximum absolute atomic E-state index is 10.2. The van der Waals surface area contributed by atoms with Gasteiger partial charge < -0.3 is 10.8 Å². The Kier molecular flexibility index (Phi) is 9.81. The molecule has 0 aromatic heterocycles. The first-order valence-electron chi connectivity index (χ1n) is 6.99. The predicted molar refractivity (Wildman–Crippen MR) is 80.0 cm³/mol. The predicted octanol–water partition coefficient (Wildman–Crippen LogP) is 3.99. The van der Waals surface area contributed by atoms with Gasteiger partial charge in [-0.2, -0.15) is 0 Å². The number of benzene rings is 1. The molecular weight excluding hydrogens is 238 g/mol. The molecule has 0 saturated heterocycles. The van der Waals surface area contributed by atoms with Crippen molar-refractivity contribution in [1.29, 1.82) is 0 Å². The van der Waals surface area contributed by atoms with Crippen LogP contribution < -0.4 is 5.73 Å². The summed E-state index contributed by atoms with van der Waals surface area (Å²) in [5.74, 6) is -0.332. The van der Waals surface area contributed by atoms with Crippen LogP contribution in [0.15, 0.2) is 30.3 Å². The van der Waals surface area contributed by atoms with Gasteiger partial charge in [-0.3, -0.25) is 4.79 Å². The van der Waals surface area contributed by atoms with Crippen molar-refractivity contribution in [1.82, 2.24) is 0 Å². The largest absolute Gasteiger partial charge is 0.481 e. The van der Waals surface area contributed by atoms with Gasteiger partial charge in [0.15, 0.2) is 0 Å². The molecule has 0 saturated carbocycles. The third-order valence-electron chi connectivity index (χ3n) is 2.90. The molecule has 0 aliphatic carbocycles. The SMILES string of the molecule is CC(N)c1ccccc1.CCCC[C@H](C)CC(=O)O. The van der Waals surface area contributed by atoms with Crippen LogP contribution in [0.1, 0.15) is 58.1 Å². The molecule has 0 radical (unpaired) electrons. The second-order valence-corrected chi connectivity index (χ2v) is 5.04. The van der Waals surface area contributed by atoms with E-state index in [9.17, 15) is 4.79 Å². The summed E-state index contributed by atoms with van der Waals surface area (Å²) >= 11 is 0. The Bertz CT molecular complexity index is 336. The summed E-state index contributed by atoms with van der Waals surface area (Å²) in [6, 6.07) is 10.2. The van der Waals surface area contributed by atoms with Gasteiger partial charge in [0.1, 0.15) is 0 Å². The zero-order chi connectivity index (χ0) is 14.7. The maximum Gasteiger partial charge on any atom is 0.303 e. The number of nitrogens with two attached hydrogens (primary N) is 1. The number of carbonyl (C=O) groups is 1.